The molecule has 0 bridgehead atoms. The van der Waals surface area contributed by atoms with Crippen LogP contribution < -0.4 is 15.2 Å². The zero-order valence-electron chi connectivity index (χ0n) is 16.3. The van der Waals surface area contributed by atoms with Gasteiger partial charge in [-0.3, -0.25) is 9.36 Å². The lowest BCUT2D eigenvalue weighted by molar-refractivity contribution is -0.130. The first kappa shape index (κ1) is 19.5. The molecule has 0 fully saturated rings. The van der Waals surface area contributed by atoms with Gasteiger partial charge < -0.3 is 18.8 Å². The molecule has 3 aromatic rings. The van der Waals surface area contributed by atoms with Crippen LogP contribution in [-0.4, -0.2) is 36.6 Å². The molecule has 1 aromatic heterocycles. The molecule has 0 aliphatic heterocycles. The third-order valence-corrected chi connectivity index (χ3v) is 4.66. The molecule has 0 aliphatic carbocycles. The van der Waals surface area contributed by atoms with E-state index >= 15 is 0 Å². The second-order valence-electron chi connectivity index (χ2n) is 6.49. The summed E-state index contributed by atoms with van der Waals surface area (Å²) in [5.41, 5.74) is 2.17. The second kappa shape index (κ2) is 8.65. The van der Waals surface area contributed by atoms with Crippen molar-refractivity contribution in [3.63, 3.8) is 0 Å². The molecular weight excluding hydrogens is 360 g/mol. The summed E-state index contributed by atoms with van der Waals surface area (Å²) in [6.45, 7) is 0.839. The van der Waals surface area contributed by atoms with E-state index in [0.717, 1.165) is 11.1 Å². The Kier molecular flexibility index (Phi) is 6.03. The highest BCUT2D eigenvalue weighted by molar-refractivity contribution is 5.76. The molecule has 7 heteroatoms. The van der Waals surface area contributed by atoms with Crippen LogP contribution in [0.5, 0.6) is 11.5 Å². The van der Waals surface area contributed by atoms with E-state index in [1.165, 1.54) is 0 Å². The van der Waals surface area contributed by atoms with Crippen LogP contribution >= 0.6 is 0 Å². The van der Waals surface area contributed by atoms with Crippen molar-refractivity contribution in [2.24, 2.45) is 0 Å². The fraction of sp³-hybridized carbons (Fsp3) is 0.333. The van der Waals surface area contributed by atoms with E-state index < -0.39 is 5.76 Å². The van der Waals surface area contributed by atoms with Crippen molar-refractivity contribution in [2.75, 3.05) is 21.3 Å². The summed E-state index contributed by atoms with van der Waals surface area (Å²) >= 11 is 0. The Balaban J connectivity index is 1.61. The van der Waals surface area contributed by atoms with Gasteiger partial charge in [0, 0.05) is 32.1 Å². The number of benzene rings is 2. The lowest BCUT2D eigenvalue weighted by Gasteiger charge is -2.20. The van der Waals surface area contributed by atoms with Crippen molar-refractivity contribution in [1.82, 2.24) is 9.47 Å². The molecule has 1 amide bonds. The highest BCUT2D eigenvalue weighted by Crippen LogP contribution is 2.31. The summed E-state index contributed by atoms with van der Waals surface area (Å²) in [6.07, 6.45) is 0.872. The van der Waals surface area contributed by atoms with Gasteiger partial charge in [0.05, 0.1) is 19.7 Å². The average molecular weight is 384 g/mol. The standard InChI is InChI=1S/C21H24N2O5/c1-22(14-15-8-6-11-18(26-2)20(15)27-3)19(24)12-7-13-23-16-9-4-5-10-17(16)28-21(23)25/h4-6,8-11H,7,12-14H2,1-3H3. The van der Waals surface area contributed by atoms with Crippen LogP contribution in [0.4, 0.5) is 0 Å². The predicted molar refractivity (Wildman–Crippen MR) is 106 cm³/mol. The minimum atomic E-state index is -0.400. The number of hydrogen-bond donors (Lipinski definition) is 0. The fourth-order valence-corrected chi connectivity index (χ4v) is 3.23. The molecule has 0 saturated carbocycles. The molecule has 0 unspecified atom stereocenters. The molecule has 0 atom stereocenters. The van der Waals surface area contributed by atoms with Gasteiger partial charge >= 0.3 is 5.76 Å². The molecular formula is C21H24N2O5. The molecule has 28 heavy (non-hydrogen) atoms. The second-order valence-corrected chi connectivity index (χ2v) is 6.49. The number of nitrogens with zero attached hydrogens (tertiary/aromatic N) is 2. The molecule has 0 spiro atoms. The molecule has 148 valence electrons. The quantitative estimate of drug-likeness (QED) is 0.597. The number of rotatable bonds is 8. The number of ether oxygens (including phenoxy) is 2. The maximum atomic E-state index is 12.5. The van der Waals surface area contributed by atoms with Gasteiger partial charge in [-0.1, -0.05) is 24.3 Å². The van der Waals surface area contributed by atoms with Crippen molar-refractivity contribution in [3.8, 4) is 11.5 Å². The topological polar surface area (TPSA) is 73.9 Å². The molecule has 7 nitrogen and oxygen atoms in total. The van der Waals surface area contributed by atoms with E-state index in [1.54, 1.807) is 36.8 Å². The number of aryl methyl sites for hydroxylation is 1. The maximum absolute atomic E-state index is 12.5. The first-order valence-electron chi connectivity index (χ1n) is 9.07. The SMILES string of the molecule is COc1cccc(CN(C)C(=O)CCCn2c(=O)oc3ccccc32)c1OC. The lowest BCUT2D eigenvalue weighted by Crippen LogP contribution is -2.26. The van der Waals surface area contributed by atoms with Crippen molar-refractivity contribution in [3.05, 3.63) is 58.6 Å². The predicted octanol–water partition coefficient (Wildman–Crippen LogP) is 3.05. The van der Waals surface area contributed by atoms with Gasteiger partial charge in [-0.25, -0.2) is 4.79 Å². The minimum absolute atomic E-state index is 0.00859. The monoisotopic (exact) mass is 384 g/mol. The highest BCUT2D eigenvalue weighted by atomic mass is 16.5. The van der Waals surface area contributed by atoms with E-state index in [1.807, 2.05) is 36.4 Å². The van der Waals surface area contributed by atoms with Crippen molar-refractivity contribution in [1.29, 1.82) is 0 Å². The Hall–Kier alpha value is -3.22. The number of methoxy groups -OCH3 is 2. The molecule has 0 radical (unpaired) electrons. The Morgan fingerprint density at radius 3 is 2.64 bits per heavy atom. The molecule has 1 heterocycles. The van der Waals surface area contributed by atoms with Crippen molar-refractivity contribution >= 4 is 17.0 Å². The van der Waals surface area contributed by atoms with Gasteiger partial charge in [0.2, 0.25) is 5.91 Å². The summed E-state index contributed by atoms with van der Waals surface area (Å²) in [6, 6.07) is 12.9. The Morgan fingerprint density at radius 1 is 1.11 bits per heavy atom. The first-order valence-corrected chi connectivity index (χ1v) is 9.07. The van der Waals surface area contributed by atoms with Crippen LogP contribution in [0, 0.1) is 0 Å². The Morgan fingerprint density at radius 2 is 1.89 bits per heavy atom. The molecule has 2 aromatic carbocycles. The normalized spacial score (nSPS) is 10.8. The van der Waals surface area contributed by atoms with Crippen LogP contribution in [0.2, 0.25) is 0 Å². The summed E-state index contributed by atoms with van der Waals surface area (Å²) in [5, 5.41) is 0. The third kappa shape index (κ3) is 4.03. The van der Waals surface area contributed by atoms with E-state index in [9.17, 15) is 9.59 Å². The first-order chi connectivity index (χ1) is 13.5. The summed E-state index contributed by atoms with van der Waals surface area (Å²) < 4.78 is 17.5. The van der Waals surface area contributed by atoms with Gasteiger partial charge in [0.1, 0.15) is 0 Å². The van der Waals surface area contributed by atoms with E-state index in [-0.39, 0.29) is 5.91 Å². The van der Waals surface area contributed by atoms with Crippen LogP contribution in [-0.2, 0) is 17.9 Å². The third-order valence-electron chi connectivity index (χ3n) is 4.66. The van der Waals surface area contributed by atoms with Crippen molar-refractivity contribution < 1.29 is 18.7 Å². The number of oxazole rings is 1. The lowest BCUT2D eigenvalue weighted by atomic mass is 10.1. The van der Waals surface area contributed by atoms with Crippen molar-refractivity contribution in [2.45, 2.75) is 25.9 Å². The van der Waals surface area contributed by atoms with Gasteiger partial charge in [-0.2, -0.15) is 0 Å². The number of amides is 1. The Labute approximate surface area is 163 Å². The van der Waals surface area contributed by atoms with Crippen LogP contribution in [0.3, 0.4) is 0 Å². The molecule has 0 N–H and O–H groups in total. The number of carbonyl (C=O) groups is 1. The van der Waals surface area contributed by atoms with Gasteiger partial charge in [0.15, 0.2) is 17.1 Å². The Bertz CT molecular complexity index is 1020. The van der Waals surface area contributed by atoms with Crippen LogP contribution in [0.15, 0.2) is 51.7 Å². The number of carbonyl (C=O) groups excluding carboxylic acids is 1. The zero-order valence-corrected chi connectivity index (χ0v) is 16.3. The minimum Gasteiger partial charge on any atom is -0.493 e. The zero-order chi connectivity index (χ0) is 20.1. The smallest absolute Gasteiger partial charge is 0.419 e. The van der Waals surface area contributed by atoms with E-state index in [2.05, 4.69) is 0 Å². The average Bonchev–Trinajstić information content (AvgIpc) is 3.02. The summed E-state index contributed by atoms with van der Waals surface area (Å²) in [5.74, 6) is 0.849. The van der Waals surface area contributed by atoms with Gasteiger partial charge in [0.25, 0.3) is 0 Å². The van der Waals surface area contributed by atoms with E-state index in [0.29, 0.717) is 43.0 Å². The fourth-order valence-electron chi connectivity index (χ4n) is 3.23. The number of fused-ring (bicyclic) bond motifs is 1. The van der Waals surface area contributed by atoms with Gasteiger partial charge in [-0.05, 0) is 24.6 Å². The summed E-state index contributed by atoms with van der Waals surface area (Å²) in [4.78, 5) is 26.2. The highest BCUT2D eigenvalue weighted by Gasteiger charge is 2.15. The number of aromatic nitrogens is 1. The largest absolute Gasteiger partial charge is 0.493 e. The molecule has 0 aliphatic rings. The van der Waals surface area contributed by atoms with Crippen LogP contribution in [0.25, 0.3) is 11.1 Å². The number of hydrogen-bond acceptors (Lipinski definition) is 5. The summed E-state index contributed by atoms with van der Waals surface area (Å²) in [7, 11) is 4.91. The molecule has 3 rings (SSSR count). The van der Waals surface area contributed by atoms with E-state index in [4.69, 9.17) is 13.9 Å². The maximum Gasteiger partial charge on any atom is 0.419 e. The molecule has 0 saturated heterocycles. The van der Waals surface area contributed by atoms with Gasteiger partial charge in [-0.15, -0.1) is 0 Å². The van der Waals surface area contributed by atoms with Crippen LogP contribution in [0.1, 0.15) is 18.4 Å². The number of para-hydroxylation sites is 3.